The van der Waals surface area contributed by atoms with Crippen molar-refractivity contribution in [2.24, 2.45) is 0 Å². The molecule has 1 aromatic carbocycles. The van der Waals surface area contributed by atoms with Crippen molar-refractivity contribution in [3.8, 4) is 17.1 Å². The lowest BCUT2D eigenvalue weighted by molar-refractivity contribution is 0.416. The van der Waals surface area contributed by atoms with Crippen molar-refractivity contribution in [3.05, 3.63) is 39.0 Å². The standard InChI is InChI=1S/C11H7BrCl2N2O/c1-17-8-4-2-3-7(13)9(8)11-15-5-6(12)10(14)16-11/h2-5H,1H3. The number of methoxy groups -OCH3 is 1. The average molecular weight is 334 g/mol. The maximum atomic E-state index is 6.12. The van der Waals surface area contributed by atoms with Crippen molar-refractivity contribution >= 4 is 39.1 Å². The second kappa shape index (κ2) is 5.21. The van der Waals surface area contributed by atoms with Gasteiger partial charge in [-0.25, -0.2) is 9.97 Å². The van der Waals surface area contributed by atoms with Gasteiger partial charge < -0.3 is 4.74 Å². The Morgan fingerprint density at radius 2 is 2.06 bits per heavy atom. The fourth-order valence-corrected chi connectivity index (χ4v) is 1.93. The predicted molar refractivity (Wildman–Crippen MR) is 71.7 cm³/mol. The Bertz CT molecular complexity index is 563. The molecular weight excluding hydrogens is 327 g/mol. The third-order valence-electron chi connectivity index (χ3n) is 2.12. The summed E-state index contributed by atoms with van der Waals surface area (Å²) in [5.74, 6) is 1.04. The summed E-state index contributed by atoms with van der Waals surface area (Å²) in [5, 5.41) is 0.847. The van der Waals surface area contributed by atoms with Crippen molar-refractivity contribution in [1.82, 2.24) is 9.97 Å². The minimum absolute atomic E-state index is 0.331. The molecule has 0 radical (unpaired) electrons. The molecule has 0 atom stereocenters. The zero-order valence-electron chi connectivity index (χ0n) is 8.75. The lowest BCUT2D eigenvalue weighted by atomic mass is 10.2. The predicted octanol–water partition coefficient (Wildman–Crippen LogP) is 4.22. The Hall–Kier alpha value is -0.840. The molecule has 1 heterocycles. The van der Waals surface area contributed by atoms with E-state index < -0.39 is 0 Å². The third kappa shape index (κ3) is 2.54. The van der Waals surface area contributed by atoms with Gasteiger partial charge in [-0.2, -0.15) is 0 Å². The van der Waals surface area contributed by atoms with E-state index >= 15 is 0 Å². The summed E-state index contributed by atoms with van der Waals surface area (Å²) in [7, 11) is 1.57. The average Bonchev–Trinajstić information content (AvgIpc) is 2.32. The number of hydrogen-bond donors (Lipinski definition) is 0. The summed E-state index contributed by atoms with van der Waals surface area (Å²) in [6.07, 6.45) is 1.58. The maximum absolute atomic E-state index is 6.12. The molecule has 0 bridgehead atoms. The van der Waals surface area contributed by atoms with Crippen molar-refractivity contribution in [2.45, 2.75) is 0 Å². The van der Waals surface area contributed by atoms with Crippen molar-refractivity contribution in [1.29, 1.82) is 0 Å². The van der Waals surface area contributed by atoms with Crippen LogP contribution in [0.1, 0.15) is 0 Å². The first-order valence-corrected chi connectivity index (χ1v) is 6.19. The molecule has 2 aromatic rings. The highest BCUT2D eigenvalue weighted by molar-refractivity contribution is 9.10. The van der Waals surface area contributed by atoms with Crippen LogP contribution >= 0.6 is 39.1 Å². The number of halogens is 3. The molecule has 0 aliphatic carbocycles. The van der Waals surface area contributed by atoms with Gasteiger partial charge in [-0.05, 0) is 28.1 Å². The lowest BCUT2D eigenvalue weighted by Crippen LogP contribution is -1.94. The summed E-state index contributed by atoms with van der Waals surface area (Å²) < 4.78 is 5.86. The fourth-order valence-electron chi connectivity index (χ4n) is 1.36. The van der Waals surface area contributed by atoms with Gasteiger partial charge in [0.05, 0.1) is 22.2 Å². The van der Waals surface area contributed by atoms with Crippen LogP contribution in [0, 0.1) is 0 Å². The van der Waals surface area contributed by atoms with Crippen LogP contribution in [0.25, 0.3) is 11.4 Å². The summed E-state index contributed by atoms with van der Waals surface area (Å²) >= 11 is 15.3. The highest BCUT2D eigenvalue weighted by Gasteiger charge is 2.14. The van der Waals surface area contributed by atoms with Crippen molar-refractivity contribution < 1.29 is 4.74 Å². The molecule has 17 heavy (non-hydrogen) atoms. The SMILES string of the molecule is COc1cccc(Cl)c1-c1ncc(Br)c(Cl)n1. The molecule has 1 aromatic heterocycles. The lowest BCUT2D eigenvalue weighted by Gasteiger charge is -2.09. The van der Waals surface area contributed by atoms with Crippen LogP contribution < -0.4 is 4.74 Å². The van der Waals surface area contributed by atoms with Crippen LogP contribution in [-0.4, -0.2) is 17.1 Å². The van der Waals surface area contributed by atoms with Gasteiger partial charge in [-0.15, -0.1) is 0 Å². The van der Waals surface area contributed by atoms with Crippen LogP contribution in [0.2, 0.25) is 10.2 Å². The minimum Gasteiger partial charge on any atom is -0.496 e. The van der Waals surface area contributed by atoms with Crippen LogP contribution in [-0.2, 0) is 0 Å². The normalized spacial score (nSPS) is 10.4. The largest absolute Gasteiger partial charge is 0.496 e. The molecule has 0 amide bonds. The number of hydrogen-bond acceptors (Lipinski definition) is 3. The first-order chi connectivity index (χ1) is 8.13. The zero-order valence-corrected chi connectivity index (χ0v) is 11.8. The van der Waals surface area contributed by atoms with E-state index in [1.165, 1.54) is 0 Å². The molecule has 0 unspecified atom stereocenters. The van der Waals surface area contributed by atoms with Gasteiger partial charge in [-0.3, -0.25) is 0 Å². The number of ether oxygens (including phenoxy) is 1. The van der Waals surface area contributed by atoms with Crippen LogP contribution in [0.5, 0.6) is 5.75 Å². The molecule has 0 saturated heterocycles. The molecule has 0 aliphatic heterocycles. The van der Waals surface area contributed by atoms with Gasteiger partial charge in [0.1, 0.15) is 10.9 Å². The van der Waals surface area contributed by atoms with Crippen molar-refractivity contribution in [3.63, 3.8) is 0 Å². The second-order valence-corrected chi connectivity index (χ2v) is 4.77. The summed E-state index contributed by atoms with van der Waals surface area (Å²) in [6, 6.07) is 5.34. The number of benzene rings is 1. The first kappa shape index (κ1) is 12.6. The van der Waals surface area contributed by atoms with E-state index in [1.54, 1.807) is 31.5 Å². The molecule has 0 N–H and O–H groups in total. The Morgan fingerprint density at radius 3 is 2.71 bits per heavy atom. The minimum atomic E-state index is 0.331. The van der Waals surface area contributed by atoms with Gasteiger partial charge in [0.25, 0.3) is 0 Å². The zero-order chi connectivity index (χ0) is 12.4. The highest BCUT2D eigenvalue weighted by Crippen LogP contribution is 2.35. The van der Waals surface area contributed by atoms with Gasteiger partial charge in [0, 0.05) is 6.20 Å². The van der Waals surface area contributed by atoms with Crippen LogP contribution in [0.3, 0.4) is 0 Å². The Morgan fingerprint density at radius 1 is 1.29 bits per heavy atom. The highest BCUT2D eigenvalue weighted by atomic mass is 79.9. The van der Waals surface area contributed by atoms with Crippen molar-refractivity contribution in [2.75, 3.05) is 7.11 Å². The van der Waals surface area contributed by atoms with Gasteiger partial charge in [0.15, 0.2) is 5.82 Å². The van der Waals surface area contributed by atoms with E-state index in [0.717, 1.165) is 0 Å². The van der Waals surface area contributed by atoms with E-state index in [0.29, 0.717) is 31.8 Å². The monoisotopic (exact) mass is 332 g/mol. The van der Waals surface area contributed by atoms with E-state index in [-0.39, 0.29) is 0 Å². The maximum Gasteiger partial charge on any atom is 0.166 e. The van der Waals surface area contributed by atoms with Crippen LogP contribution in [0.15, 0.2) is 28.9 Å². The smallest absolute Gasteiger partial charge is 0.166 e. The fraction of sp³-hybridized carbons (Fsp3) is 0.0909. The molecule has 0 spiro atoms. The molecule has 3 nitrogen and oxygen atoms in total. The number of aromatic nitrogens is 2. The molecule has 6 heteroatoms. The van der Waals surface area contributed by atoms with Gasteiger partial charge >= 0.3 is 0 Å². The summed E-state index contributed by atoms with van der Waals surface area (Å²) in [5.41, 5.74) is 0.631. The van der Waals surface area contributed by atoms with E-state index in [4.69, 9.17) is 27.9 Å². The number of nitrogens with zero attached hydrogens (tertiary/aromatic N) is 2. The number of rotatable bonds is 2. The topological polar surface area (TPSA) is 35.0 Å². The van der Waals surface area contributed by atoms with E-state index in [1.807, 2.05) is 0 Å². The Labute approximate surface area is 117 Å². The van der Waals surface area contributed by atoms with Gasteiger partial charge in [0.2, 0.25) is 0 Å². The van der Waals surface area contributed by atoms with E-state index in [2.05, 4.69) is 25.9 Å². The molecule has 88 valence electrons. The first-order valence-electron chi connectivity index (χ1n) is 4.64. The molecule has 0 fully saturated rings. The molecular formula is C11H7BrCl2N2O. The molecule has 0 saturated carbocycles. The molecule has 2 rings (SSSR count). The summed E-state index contributed by atoms with van der Waals surface area (Å²) in [4.78, 5) is 8.33. The van der Waals surface area contributed by atoms with Crippen LogP contribution in [0.4, 0.5) is 0 Å². The third-order valence-corrected chi connectivity index (χ3v) is 3.53. The second-order valence-electron chi connectivity index (χ2n) is 3.15. The Balaban J connectivity index is 2.63. The van der Waals surface area contributed by atoms with Gasteiger partial charge in [-0.1, -0.05) is 29.3 Å². The quantitative estimate of drug-likeness (QED) is 0.772. The Kier molecular flexibility index (Phi) is 3.86. The summed E-state index contributed by atoms with van der Waals surface area (Å²) in [6.45, 7) is 0. The van der Waals surface area contributed by atoms with E-state index in [9.17, 15) is 0 Å². The molecule has 0 aliphatic rings.